The van der Waals surface area contributed by atoms with Crippen LogP contribution in [-0.4, -0.2) is 25.5 Å². The van der Waals surface area contributed by atoms with E-state index >= 15 is 0 Å². The number of halogens is 2. The van der Waals surface area contributed by atoms with Gasteiger partial charge in [-0.25, -0.2) is 0 Å². The summed E-state index contributed by atoms with van der Waals surface area (Å²) in [5.74, 6) is 0.0450. The number of carbonyl (C=O) groups is 1. The fraction of sp³-hybridized carbons (Fsp3) is 0.500. The molecule has 0 saturated carbocycles. The van der Waals surface area contributed by atoms with Crippen LogP contribution in [0.1, 0.15) is 37.7 Å². The van der Waals surface area contributed by atoms with Crippen molar-refractivity contribution in [1.82, 2.24) is 10.6 Å². The monoisotopic (exact) mass is 354 g/mol. The van der Waals surface area contributed by atoms with Crippen molar-refractivity contribution >= 4 is 29.1 Å². The van der Waals surface area contributed by atoms with Crippen LogP contribution in [0.3, 0.4) is 0 Å². The molecule has 1 aliphatic carbocycles. The van der Waals surface area contributed by atoms with Crippen LogP contribution in [0.5, 0.6) is 0 Å². The Bertz CT molecular complexity index is 558. The minimum Gasteiger partial charge on any atom is -0.355 e. The minimum absolute atomic E-state index is 0.0450. The number of hydrogen-bond donors (Lipinski definition) is 2. The van der Waals surface area contributed by atoms with Gasteiger partial charge >= 0.3 is 0 Å². The molecule has 1 amide bonds. The van der Waals surface area contributed by atoms with Crippen molar-refractivity contribution in [2.75, 3.05) is 19.6 Å². The standard InChI is InChI=1S/C18H24Cl2N2O/c19-16-7-6-15(17(20)12-16)9-10-21-13-18(23)22-11-8-14-4-2-1-3-5-14/h4,6-7,12,21H,1-3,5,8-11,13H2,(H,22,23). The van der Waals surface area contributed by atoms with Crippen LogP contribution in [0.4, 0.5) is 0 Å². The van der Waals surface area contributed by atoms with Crippen LogP contribution in [0.15, 0.2) is 29.8 Å². The highest BCUT2D eigenvalue weighted by Gasteiger charge is 2.05. The van der Waals surface area contributed by atoms with Gasteiger partial charge in [0.15, 0.2) is 0 Å². The van der Waals surface area contributed by atoms with Gasteiger partial charge in [0.05, 0.1) is 6.54 Å². The van der Waals surface area contributed by atoms with E-state index in [0.717, 1.165) is 24.9 Å². The number of amides is 1. The fourth-order valence-corrected chi connectivity index (χ4v) is 3.21. The van der Waals surface area contributed by atoms with E-state index in [1.165, 1.54) is 31.3 Å². The molecule has 0 radical (unpaired) electrons. The second kappa shape index (κ2) is 9.96. The lowest BCUT2D eigenvalue weighted by Gasteiger charge is -2.13. The summed E-state index contributed by atoms with van der Waals surface area (Å²) in [7, 11) is 0. The number of nitrogens with one attached hydrogen (secondary N) is 2. The molecule has 5 heteroatoms. The first-order valence-corrected chi connectivity index (χ1v) is 9.00. The van der Waals surface area contributed by atoms with Gasteiger partial charge in [-0.1, -0.05) is 40.9 Å². The lowest BCUT2D eigenvalue weighted by Crippen LogP contribution is -2.35. The second-order valence-electron chi connectivity index (χ2n) is 5.87. The van der Waals surface area contributed by atoms with Gasteiger partial charge in [0.1, 0.15) is 0 Å². The maximum absolute atomic E-state index is 11.8. The summed E-state index contributed by atoms with van der Waals surface area (Å²) in [4.78, 5) is 11.8. The van der Waals surface area contributed by atoms with Gasteiger partial charge in [-0.2, -0.15) is 0 Å². The van der Waals surface area contributed by atoms with Crippen molar-refractivity contribution in [2.24, 2.45) is 0 Å². The number of allylic oxidation sites excluding steroid dienone is 1. The quantitative estimate of drug-likeness (QED) is 0.544. The Balaban J connectivity index is 1.56. The molecule has 126 valence electrons. The first kappa shape index (κ1) is 18.3. The van der Waals surface area contributed by atoms with Gasteiger partial charge in [-0.15, -0.1) is 0 Å². The van der Waals surface area contributed by atoms with Crippen molar-refractivity contribution in [2.45, 2.75) is 38.5 Å². The van der Waals surface area contributed by atoms with Gasteiger partial charge in [0.25, 0.3) is 0 Å². The summed E-state index contributed by atoms with van der Waals surface area (Å²) >= 11 is 12.0. The Labute approximate surface area is 148 Å². The first-order valence-electron chi connectivity index (χ1n) is 8.24. The molecule has 0 bridgehead atoms. The molecule has 23 heavy (non-hydrogen) atoms. The third-order valence-corrected chi connectivity index (χ3v) is 4.61. The predicted molar refractivity (Wildman–Crippen MR) is 97.2 cm³/mol. The van der Waals surface area contributed by atoms with Gasteiger partial charge < -0.3 is 10.6 Å². The number of benzene rings is 1. The van der Waals surface area contributed by atoms with E-state index in [2.05, 4.69) is 16.7 Å². The van der Waals surface area contributed by atoms with E-state index < -0.39 is 0 Å². The van der Waals surface area contributed by atoms with Crippen molar-refractivity contribution in [3.8, 4) is 0 Å². The Morgan fingerprint density at radius 1 is 1.13 bits per heavy atom. The molecule has 0 unspecified atom stereocenters. The SMILES string of the molecule is O=C(CNCCc1ccc(Cl)cc1Cl)NCCC1=CCCCC1. The molecular weight excluding hydrogens is 331 g/mol. The summed E-state index contributed by atoms with van der Waals surface area (Å²) in [6, 6.07) is 5.49. The molecule has 0 aromatic heterocycles. The fourth-order valence-electron chi connectivity index (χ4n) is 2.71. The molecule has 0 saturated heterocycles. The molecule has 2 N–H and O–H groups in total. The molecular formula is C18H24Cl2N2O. The van der Waals surface area contributed by atoms with E-state index in [1.54, 1.807) is 6.07 Å². The molecule has 0 spiro atoms. The Morgan fingerprint density at radius 3 is 2.74 bits per heavy atom. The average Bonchev–Trinajstić information content (AvgIpc) is 2.54. The summed E-state index contributed by atoms with van der Waals surface area (Å²) in [5, 5.41) is 7.42. The summed E-state index contributed by atoms with van der Waals surface area (Å²) < 4.78 is 0. The summed E-state index contributed by atoms with van der Waals surface area (Å²) in [6.45, 7) is 1.78. The van der Waals surface area contributed by atoms with E-state index in [4.69, 9.17) is 23.2 Å². The molecule has 0 heterocycles. The maximum Gasteiger partial charge on any atom is 0.233 e. The van der Waals surface area contributed by atoms with Crippen LogP contribution in [0, 0.1) is 0 Å². The Kier molecular flexibility index (Phi) is 7.93. The third-order valence-electron chi connectivity index (χ3n) is 4.03. The average molecular weight is 355 g/mol. The lowest BCUT2D eigenvalue weighted by atomic mass is 9.97. The molecule has 2 rings (SSSR count). The largest absolute Gasteiger partial charge is 0.355 e. The third kappa shape index (κ3) is 6.94. The number of rotatable bonds is 8. The van der Waals surface area contributed by atoms with Gasteiger partial charge in [0, 0.05) is 16.6 Å². The van der Waals surface area contributed by atoms with Crippen LogP contribution in [0.2, 0.25) is 10.0 Å². The minimum atomic E-state index is 0.0450. The zero-order chi connectivity index (χ0) is 16.5. The van der Waals surface area contributed by atoms with Crippen LogP contribution in [0.25, 0.3) is 0 Å². The zero-order valence-electron chi connectivity index (χ0n) is 13.3. The smallest absolute Gasteiger partial charge is 0.233 e. The molecule has 1 aromatic carbocycles. The highest BCUT2D eigenvalue weighted by Crippen LogP contribution is 2.21. The number of carbonyl (C=O) groups excluding carboxylic acids is 1. The predicted octanol–water partition coefficient (Wildman–Crippen LogP) is 4.13. The van der Waals surface area contributed by atoms with Gasteiger partial charge in [-0.05, 0) is 62.8 Å². The molecule has 0 fully saturated rings. The van der Waals surface area contributed by atoms with Crippen molar-refractivity contribution in [3.63, 3.8) is 0 Å². The normalized spacial score (nSPS) is 14.4. The van der Waals surface area contributed by atoms with Crippen molar-refractivity contribution < 1.29 is 4.79 Å². The van der Waals surface area contributed by atoms with E-state index in [0.29, 0.717) is 23.1 Å². The van der Waals surface area contributed by atoms with E-state index in [9.17, 15) is 4.79 Å². The zero-order valence-corrected chi connectivity index (χ0v) is 14.8. The Hall–Kier alpha value is -1.03. The highest BCUT2D eigenvalue weighted by molar-refractivity contribution is 6.35. The highest BCUT2D eigenvalue weighted by atomic mass is 35.5. The molecule has 0 atom stereocenters. The van der Waals surface area contributed by atoms with E-state index in [1.807, 2.05) is 12.1 Å². The summed E-state index contributed by atoms with van der Waals surface area (Å²) in [5.41, 5.74) is 2.52. The van der Waals surface area contributed by atoms with Crippen LogP contribution < -0.4 is 10.6 Å². The second-order valence-corrected chi connectivity index (χ2v) is 6.71. The maximum atomic E-state index is 11.8. The van der Waals surface area contributed by atoms with Crippen molar-refractivity contribution in [1.29, 1.82) is 0 Å². The van der Waals surface area contributed by atoms with Gasteiger partial charge in [-0.3, -0.25) is 4.79 Å². The molecule has 0 aliphatic heterocycles. The van der Waals surface area contributed by atoms with Crippen LogP contribution >= 0.6 is 23.2 Å². The first-order chi connectivity index (χ1) is 11.1. The van der Waals surface area contributed by atoms with E-state index in [-0.39, 0.29) is 5.91 Å². The molecule has 1 aromatic rings. The lowest BCUT2D eigenvalue weighted by molar-refractivity contribution is -0.120. The topological polar surface area (TPSA) is 41.1 Å². The van der Waals surface area contributed by atoms with Crippen molar-refractivity contribution in [3.05, 3.63) is 45.5 Å². The van der Waals surface area contributed by atoms with Crippen LogP contribution in [-0.2, 0) is 11.2 Å². The van der Waals surface area contributed by atoms with Gasteiger partial charge in [0.2, 0.25) is 5.91 Å². The molecule has 1 aliphatic rings. The molecule has 3 nitrogen and oxygen atoms in total. The summed E-state index contributed by atoms with van der Waals surface area (Å²) in [6.07, 6.45) is 9.05. The number of hydrogen-bond acceptors (Lipinski definition) is 2. The Morgan fingerprint density at radius 2 is 2.00 bits per heavy atom.